The molecule has 0 aliphatic rings. The molecule has 4 aromatic heterocycles. The summed E-state index contributed by atoms with van der Waals surface area (Å²) in [6.07, 6.45) is 2.15. The standard InChI is InChI=1S/C20H20N4O3S2/c1-12-7-17(13(2)24(12)9-16-5-4-6-26-16)18(25)11-29-20-23-22-19(27-20)8-15-10-28-14(3)21-15/h4-7,10H,8-9,11H2,1-3H3. The van der Waals surface area contributed by atoms with E-state index in [9.17, 15) is 4.79 Å². The molecule has 4 heterocycles. The largest absolute Gasteiger partial charge is 0.467 e. The van der Waals surface area contributed by atoms with Gasteiger partial charge in [-0.15, -0.1) is 21.5 Å². The van der Waals surface area contributed by atoms with Gasteiger partial charge in [-0.05, 0) is 39.0 Å². The van der Waals surface area contributed by atoms with E-state index < -0.39 is 0 Å². The lowest BCUT2D eigenvalue weighted by Gasteiger charge is -2.07. The molecular formula is C20H20N4O3S2. The lowest BCUT2D eigenvalue weighted by Crippen LogP contribution is -2.07. The lowest BCUT2D eigenvalue weighted by atomic mass is 10.2. The molecular weight excluding hydrogens is 408 g/mol. The van der Waals surface area contributed by atoms with Gasteiger partial charge in [0, 0.05) is 22.3 Å². The third kappa shape index (κ3) is 4.51. The molecule has 0 saturated carbocycles. The number of aryl methyl sites for hydroxylation is 2. The highest BCUT2D eigenvalue weighted by Gasteiger charge is 2.18. The van der Waals surface area contributed by atoms with E-state index >= 15 is 0 Å². The number of nitrogens with zero attached hydrogens (tertiary/aromatic N) is 4. The molecule has 0 aromatic carbocycles. The number of thioether (sulfide) groups is 1. The Morgan fingerprint density at radius 3 is 2.86 bits per heavy atom. The summed E-state index contributed by atoms with van der Waals surface area (Å²) in [5.74, 6) is 1.63. The van der Waals surface area contributed by atoms with Crippen LogP contribution in [0, 0.1) is 20.8 Å². The summed E-state index contributed by atoms with van der Waals surface area (Å²) < 4.78 is 13.2. The van der Waals surface area contributed by atoms with Crippen LogP contribution in [0.2, 0.25) is 0 Å². The van der Waals surface area contributed by atoms with Crippen molar-refractivity contribution in [3.8, 4) is 0 Å². The molecule has 4 rings (SSSR count). The first-order valence-electron chi connectivity index (χ1n) is 9.08. The molecule has 7 nitrogen and oxygen atoms in total. The van der Waals surface area contributed by atoms with Crippen molar-refractivity contribution in [1.29, 1.82) is 0 Å². The second-order valence-electron chi connectivity index (χ2n) is 6.66. The average molecular weight is 429 g/mol. The molecule has 0 saturated heterocycles. The minimum Gasteiger partial charge on any atom is -0.467 e. The number of thiazole rings is 1. The van der Waals surface area contributed by atoms with E-state index in [1.807, 2.05) is 44.4 Å². The highest BCUT2D eigenvalue weighted by Crippen LogP contribution is 2.23. The quantitative estimate of drug-likeness (QED) is 0.302. The molecule has 0 aliphatic heterocycles. The fraction of sp³-hybridized carbons (Fsp3) is 0.300. The molecule has 0 N–H and O–H groups in total. The number of hydrogen-bond donors (Lipinski definition) is 0. The molecule has 0 atom stereocenters. The average Bonchev–Trinajstić information content (AvgIpc) is 3.47. The Morgan fingerprint density at radius 2 is 2.14 bits per heavy atom. The maximum Gasteiger partial charge on any atom is 0.277 e. The van der Waals surface area contributed by atoms with Gasteiger partial charge in [0.1, 0.15) is 5.76 Å². The summed E-state index contributed by atoms with van der Waals surface area (Å²) in [7, 11) is 0. The molecule has 0 bridgehead atoms. The maximum absolute atomic E-state index is 12.8. The van der Waals surface area contributed by atoms with Crippen molar-refractivity contribution < 1.29 is 13.6 Å². The number of aromatic nitrogens is 4. The van der Waals surface area contributed by atoms with Crippen LogP contribution in [-0.4, -0.2) is 31.3 Å². The van der Waals surface area contributed by atoms with Crippen molar-refractivity contribution >= 4 is 28.9 Å². The van der Waals surface area contributed by atoms with Gasteiger partial charge in [-0.2, -0.15) is 0 Å². The molecule has 0 spiro atoms. The van der Waals surface area contributed by atoms with Crippen LogP contribution < -0.4 is 0 Å². The van der Waals surface area contributed by atoms with Gasteiger partial charge in [-0.1, -0.05) is 11.8 Å². The smallest absolute Gasteiger partial charge is 0.277 e. The van der Waals surface area contributed by atoms with Gasteiger partial charge in [0.2, 0.25) is 5.89 Å². The first-order chi connectivity index (χ1) is 14.0. The normalized spacial score (nSPS) is 11.3. The minimum absolute atomic E-state index is 0.0312. The Morgan fingerprint density at radius 1 is 1.28 bits per heavy atom. The predicted octanol–water partition coefficient (Wildman–Crippen LogP) is 4.46. The van der Waals surface area contributed by atoms with Crippen molar-refractivity contribution in [2.75, 3.05) is 5.75 Å². The van der Waals surface area contributed by atoms with E-state index in [1.54, 1.807) is 17.6 Å². The Balaban J connectivity index is 1.39. The fourth-order valence-corrected chi connectivity index (χ4v) is 4.38. The molecule has 4 aromatic rings. The van der Waals surface area contributed by atoms with Crippen LogP contribution in [-0.2, 0) is 13.0 Å². The second kappa shape index (κ2) is 8.38. The third-order valence-corrected chi connectivity index (χ3v) is 6.18. The summed E-state index contributed by atoms with van der Waals surface area (Å²) in [4.78, 5) is 17.1. The molecule has 0 aliphatic carbocycles. The molecule has 0 amide bonds. The predicted molar refractivity (Wildman–Crippen MR) is 111 cm³/mol. The van der Waals surface area contributed by atoms with Gasteiger partial charge in [-0.3, -0.25) is 4.79 Å². The number of rotatable bonds is 8. The van der Waals surface area contributed by atoms with Crippen LogP contribution >= 0.6 is 23.1 Å². The van der Waals surface area contributed by atoms with E-state index in [2.05, 4.69) is 19.7 Å². The first-order valence-corrected chi connectivity index (χ1v) is 10.9. The third-order valence-electron chi connectivity index (χ3n) is 4.54. The zero-order chi connectivity index (χ0) is 20.4. The minimum atomic E-state index is 0.0312. The van der Waals surface area contributed by atoms with Crippen LogP contribution in [0.3, 0.4) is 0 Å². The van der Waals surface area contributed by atoms with Crippen LogP contribution in [0.5, 0.6) is 0 Å². The number of carbonyl (C=O) groups excluding carboxylic acids is 1. The van der Waals surface area contributed by atoms with Gasteiger partial charge < -0.3 is 13.4 Å². The van der Waals surface area contributed by atoms with Gasteiger partial charge >= 0.3 is 0 Å². The van der Waals surface area contributed by atoms with Crippen LogP contribution in [0.4, 0.5) is 0 Å². The molecule has 0 fully saturated rings. The Kier molecular flexibility index (Phi) is 5.68. The van der Waals surface area contributed by atoms with E-state index in [4.69, 9.17) is 8.83 Å². The first kappa shape index (κ1) is 19.7. The summed E-state index contributed by atoms with van der Waals surface area (Å²) >= 11 is 2.84. The highest BCUT2D eigenvalue weighted by molar-refractivity contribution is 7.99. The number of Topliss-reactive ketones (excluding diaryl/α,β-unsaturated/α-hetero) is 1. The van der Waals surface area contributed by atoms with Crippen molar-refractivity contribution in [3.63, 3.8) is 0 Å². The Labute approximate surface area is 176 Å². The number of furan rings is 1. The van der Waals surface area contributed by atoms with Gasteiger partial charge in [0.25, 0.3) is 5.22 Å². The zero-order valence-electron chi connectivity index (χ0n) is 16.3. The van der Waals surface area contributed by atoms with Gasteiger partial charge in [-0.25, -0.2) is 4.98 Å². The van der Waals surface area contributed by atoms with E-state index in [1.165, 1.54) is 11.8 Å². The van der Waals surface area contributed by atoms with Crippen molar-refractivity contribution in [1.82, 2.24) is 19.7 Å². The Bertz CT molecular complexity index is 1120. The summed E-state index contributed by atoms with van der Waals surface area (Å²) in [6, 6.07) is 5.71. The lowest BCUT2D eigenvalue weighted by molar-refractivity contribution is 0.102. The monoisotopic (exact) mass is 428 g/mol. The van der Waals surface area contributed by atoms with E-state index in [0.29, 0.717) is 29.6 Å². The topological polar surface area (TPSA) is 87.0 Å². The molecule has 29 heavy (non-hydrogen) atoms. The number of carbonyl (C=O) groups is 1. The second-order valence-corrected chi connectivity index (χ2v) is 8.65. The number of hydrogen-bond acceptors (Lipinski definition) is 8. The van der Waals surface area contributed by atoms with E-state index in [0.717, 1.165) is 27.8 Å². The van der Waals surface area contributed by atoms with Crippen molar-refractivity contribution in [3.05, 3.63) is 69.1 Å². The van der Waals surface area contributed by atoms with Gasteiger partial charge in [0.05, 0.1) is 35.7 Å². The number of ketones is 1. The molecule has 0 radical (unpaired) electrons. The highest BCUT2D eigenvalue weighted by atomic mass is 32.2. The van der Waals surface area contributed by atoms with Crippen molar-refractivity contribution in [2.24, 2.45) is 0 Å². The van der Waals surface area contributed by atoms with Crippen LogP contribution in [0.15, 0.2) is 43.9 Å². The summed E-state index contributed by atoms with van der Waals surface area (Å²) in [5, 5.41) is 11.5. The van der Waals surface area contributed by atoms with Crippen LogP contribution in [0.1, 0.15) is 44.1 Å². The Hall–Kier alpha value is -2.65. The molecule has 0 unspecified atom stereocenters. The molecule has 9 heteroatoms. The summed E-state index contributed by atoms with van der Waals surface area (Å²) in [6.45, 7) is 6.51. The fourth-order valence-electron chi connectivity index (χ4n) is 3.10. The van der Waals surface area contributed by atoms with E-state index in [-0.39, 0.29) is 11.5 Å². The summed E-state index contributed by atoms with van der Waals surface area (Å²) in [5.41, 5.74) is 3.56. The van der Waals surface area contributed by atoms with Crippen LogP contribution in [0.25, 0.3) is 0 Å². The van der Waals surface area contributed by atoms with Gasteiger partial charge in [0.15, 0.2) is 5.78 Å². The zero-order valence-corrected chi connectivity index (χ0v) is 18.0. The maximum atomic E-state index is 12.8. The van der Waals surface area contributed by atoms with Crippen molar-refractivity contribution in [2.45, 2.75) is 39.0 Å². The molecule has 150 valence electrons. The SMILES string of the molecule is Cc1nc(Cc2nnc(SCC(=O)c3cc(C)n(Cc4ccco4)c3C)o2)cs1.